The molecule has 1 atom stereocenters. The summed E-state index contributed by atoms with van der Waals surface area (Å²) in [5.74, 6) is -2.89. The summed E-state index contributed by atoms with van der Waals surface area (Å²) in [4.78, 5) is 13.7. The summed E-state index contributed by atoms with van der Waals surface area (Å²) in [7, 11) is 0. The molecule has 2 N–H and O–H groups in total. The van der Waals surface area contributed by atoms with Crippen LogP contribution >= 0.6 is 0 Å². The van der Waals surface area contributed by atoms with Crippen molar-refractivity contribution in [2.24, 2.45) is 0 Å². The number of amides is 1. The molecule has 0 spiro atoms. The van der Waals surface area contributed by atoms with Gasteiger partial charge < -0.3 is 29.5 Å². The lowest BCUT2D eigenvalue weighted by molar-refractivity contribution is 0.0699. The van der Waals surface area contributed by atoms with Crippen molar-refractivity contribution in [3.8, 4) is 11.5 Å². The van der Waals surface area contributed by atoms with Crippen molar-refractivity contribution >= 4 is 6.09 Å². The molecule has 1 heterocycles. The highest BCUT2D eigenvalue weighted by Crippen LogP contribution is 2.22. The molecule has 1 saturated heterocycles. The lowest BCUT2D eigenvalue weighted by Gasteiger charge is -2.34. The van der Waals surface area contributed by atoms with Crippen LogP contribution in [0.4, 0.5) is 22.4 Å². The zero-order chi connectivity index (χ0) is 26.7. The largest absolute Gasteiger partial charge is 0.494 e. The van der Waals surface area contributed by atoms with Gasteiger partial charge in [0, 0.05) is 55.5 Å². The monoisotopic (exact) mass is 516 g/mol. The maximum absolute atomic E-state index is 13.9. The number of halogens is 4. The Bertz CT molecular complexity index is 962. The Hall–Kier alpha value is -3.05. The molecule has 1 amide bonds. The summed E-state index contributed by atoms with van der Waals surface area (Å²) in [6.07, 6.45) is 0.236. The fourth-order valence-corrected chi connectivity index (χ4v) is 3.53. The van der Waals surface area contributed by atoms with E-state index < -0.39 is 42.6 Å². The van der Waals surface area contributed by atoms with Crippen LogP contribution in [0.1, 0.15) is 38.3 Å². The quantitative estimate of drug-likeness (QED) is 0.502. The maximum Gasteiger partial charge on any atom is 0.410 e. The zero-order valence-corrected chi connectivity index (χ0v) is 20.6. The van der Waals surface area contributed by atoms with E-state index in [9.17, 15) is 22.4 Å². The van der Waals surface area contributed by atoms with Gasteiger partial charge in [0.15, 0.2) is 0 Å². The van der Waals surface area contributed by atoms with E-state index in [-0.39, 0.29) is 28.7 Å². The molecule has 0 aromatic heterocycles. The lowest BCUT2D eigenvalue weighted by atomic mass is 10.1. The maximum atomic E-state index is 13.9. The normalized spacial score (nSPS) is 15.1. The molecule has 1 fully saturated rings. The Morgan fingerprint density at radius 3 is 1.89 bits per heavy atom. The second-order valence-electron chi connectivity index (χ2n) is 7.77. The average molecular weight is 517 g/mol. The summed E-state index contributed by atoms with van der Waals surface area (Å²) >= 11 is 0. The molecule has 0 saturated carbocycles. The first-order chi connectivity index (χ1) is 17.2. The van der Waals surface area contributed by atoms with Gasteiger partial charge in [0.25, 0.3) is 0 Å². The van der Waals surface area contributed by atoms with Crippen LogP contribution in [0.5, 0.6) is 11.5 Å². The second-order valence-corrected chi connectivity index (χ2v) is 7.77. The van der Waals surface area contributed by atoms with Gasteiger partial charge in [0.1, 0.15) is 41.4 Å². The van der Waals surface area contributed by atoms with E-state index in [0.29, 0.717) is 32.8 Å². The zero-order valence-electron chi connectivity index (χ0n) is 20.6. The first kappa shape index (κ1) is 29.2. The summed E-state index contributed by atoms with van der Waals surface area (Å²) in [6, 6.07) is 4.33. The molecule has 36 heavy (non-hydrogen) atoms. The SMILES string of the molecule is CCOc1cc(F)c(CO)c(F)c1.CCOc1cc(F)c(COC(=O)N2CCNCC2CC)c(F)c1. The number of ether oxygens (including phenoxy) is 3. The van der Waals surface area contributed by atoms with E-state index in [0.717, 1.165) is 30.7 Å². The van der Waals surface area contributed by atoms with Gasteiger partial charge in [-0.3, -0.25) is 0 Å². The Kier molecular flexibility index (Phi) is 11.7. The minimum Gasteiger partial charge on any atom is -0.494 e. The van der Waals surface area contributed by atoms with Gasteiger partial charge in [0.05, 0.1) is 25.4 Å². The molecule has 2 aromatic rings. The molecule has 1 unspecified atom stereocenters. The van der Waals surface area contributed by atoms with Gasteiger partial charge >= 0.3 is 6.09 Å². The van der Waals surface area contributed by atoms with Crippen molar-refractivity contribution in [2.45, 2.75) is 46.4 Å². The lowest BCUT2D eigenvalue weighted by Crippen LogP contribution is -2.53. The summed E-state index contributed by atoms with van der Waals surface area (Å²) in [5.41, 5.74) is -0.603. The van der Waals surface area contributed by atoms with Crippen molar-refractivity contribution in [3.63, 3.8) is 0 Å². The van der Waals surface area contributed by atoms with E-state index in [4.69, 9.17) is 19.3 Å². The third-order valence-electron chi connectivity index (χ3n) is 5.41. The highest BCUT2D eigenvalue weighted by atomic mass is 19.1. The van der Waals surface area contributed by atoms with Gasteiger partial charge in [-0.05, 0) is 20.3 Å². The molecule has 0 aliphatic carbocycles. The molecule has 3 rings (SSSR count). The Morgan fingerprint density at radius 2 is 1.44 bits per heavy atom. The molecule has 11 heteroatoms. The number of carbonyl (C=O) groups is 1. The number of nitrogens with zero attached hydrogens (tertiary/aromatic N) is 1. The van der Waals surface area contributed by atoms with Crippen molar-refractivity contribution in [1.82, 2.24) is 10.2 Å². The predicted octanol–water partition coefficient (Wildman–Crippen LogP) is 4.54. The van der Waals surface area contributed by atoms with Gasteiger partial charge in [-0.2, -0.15) is 0 Å². The van der Waals surface area contributed by atoms with Crippen molar-refractivity contribution in [2.75, 3.05) is 32.8 Å². The summed E-state index contributed by atoms with van der Waals surface area (Å²) in [6.45, 7) is 6.88. The van der Waals surface area contributed by atoms with Gasteiger partial charge in [-0.25, -0.2) is 22.4 Å². The molecule has 200 valence electrons. The molecule has 0 radical (unpaired) electrons. The average Bonchev–Trinajstić information content (AvgIpc) is 2.84. The van der Waals surface area contributed by atoms with E-state index in [1.807, 2.05) is 6.92 Å². The van der Waals surface area contributed by atoms with Crippen LogP contribution in [0, 0.1) is 23.3 Å². The number of benzene rings is 2. The van der Waals surface area contributed by atoms with E-state index >= 15 is 0 Å². The summed E-state index contributed by atoms with van der Waals surface area (Å²) in [5, 5.41) is 11.8. The molecule has 1 aliphatic heterocycles. The fraction of sp³-hybridized carbons (Fsp3) is 0.480. The van der Waals surface area contributed by atoms with Crippen molar-refractivity contribution < 1.29 is 41.7 Å². The van der Waals surface area contributed by atoms with Crippen molar-refractivity contribution in [3.05, 3.63) is 58.7 Å². The first-order valence-corrected chi connectivity index (χ1v) is 11.7. The number of aliphatic hydroxyl groups is 1. The highest BCUT2D eigenvalue weighted by Gasteiger charge is 2.27. The molecule has 1 aliphatic rings. The number of rotatable bonds is 8. The second kappa shape index (κ2) is 14.5. The summed E-state index contributed by atoms with van der Waals surface area (Å²) < 4.78 is 68.9. The Morgan fingerprint density at radius 1 is 0.944 bits per heavy atom. The third-order valence-corrected chi connectivity index (χ3v) is 5.41. The van der Waals surface area contributed by atoms with Crippen LogP contribution < -0.4 is 14.8 Å². The number of aliphatic hydroxyl groups excluding tert-OH is 1. The smallest absolute Gasteiger partial charge is 0.410 e. The Balaban J connectivity index is 0.000000297. The number of hydrogen-bond acceptors (Lipinski definition) is 6. The van der Waals surface area contributed by atoms with Crippen LogP contribution in [-0.2, 0) is 18.0 Å². The molecule has 0 bridgehead atoms. The van der Waals surface area contributed by atoms with Gasteiger partial charge in [-0.1, -0.05) is 6.92 Å². The standard InChI is InChI=1S/C16H22F2N2O3.C9H10F2O2/c1-3-11-9-19-5-6-20(11)16(21)23-10-13-14(17)7-12(22-4-2)8-15(13)18;1-2-13-6-3-8(10)7(5-12)9(11)4-6/h7-8,11,19H,3-6,9-10H2,1-2H3;3-4,12H,2,5H2,1H3. The molecular weight excluding hydrogens is 484 g/mol. The van der Waals surface area contributed by atoms with Crippen LogP contribution in [0.2, 0.25) is 0 Å². The van der Waals surface area contributed by atoms with Crippen molar-refractivity contribution in [1.29, 1.82) is 0 Å². The predicted molar refractivity (Wildman–Crippen MR) is 125 cm³/mol. The molecule has 7 nitrogen and oxygen atoms in total. The van der Waals surface area contributed by atoms with Gasteiger partial charge in [0.2, 0.25) is 0 Å². The molecular formula is C25H32F4N2O5. The number of nitrogens with one attached hydrogen (secondary N) is 1. The number of piperazine rings is 1. The minimum atomic E-state index is -0.786. The third kappa shape index (κ3) is 7.99. The van der Waals surface area contributed by atoms with E-state index in [2.05, 4.69) is 5.32 Å². The topological polar surface area (TPSA) is 80.3 Å². The van der Waals surface area contributed by atoms with E-state index in [1.54, 1.807) is 18.7 Å². The highest BCUT2D eigenvalue weighted by molar-refractivity contribution is 5.68. The Labute approximate surface area is 208 Å². The number of carbonyl (C=O) groups excluding carboxylic acids is 1. The van der Waals surface area contributed by atoms with Crippen LogP contribution in [0.15, 0.2) is 24.3 Å². The fourth-order valence-electron chi connectivity index (χ4n) is 3.53. The van der Waals surface area contributed by atoms with Gasteiger partial charge in [-0.15, -0.1) is 0 Å². The van der Waals surface area contributed by atoms with Crippen LogP contribution in [0.25, 0.3) is 0 Å². The molecule has 2 aromatic carbocycles. The minimum absolute atomic E-state index is 0.0336. The van der Waals surface area contributed by atoms with Crippen LogP contribution in [0.3, 0.4) is 0 Å². The van der Waals surface area contributed by atoms with E-state index in [1.165, 1.54) is 0 Å². The van der Waals surface area contributed by atoms with Crippen LogP contribution in [-0.4, -0.2) is 55.0 Å². The number of hydrogen-bond donors (Lipinski definition) is 2. The first-order valence-electron chi connectivity index (χ1n) is 11.7.